The number of rotatable bonds is 1. The topological polar surface area (TPSA) is 75.3 Å². The van der Waals surface area contributed by atoms with Crippen molar-refractivity contribution in [3.8, 4) is 0 Å². The second-order valence-electron chi connectivity index (χ2n) is 3.66. The van der Waals surface area contributed by atoms with Crippen LogP contribution >= 0.6 is 0 Å². The first-order chi connectivity index (χ1) is 5.52. The molecule has 1 aliphatic carbocycles. The molecule has 2 amide bonds. The van der Waals surface area contributed by atoms with Gasteiger partial charge in [0.15, 0.2) is 0 Å². The second kappa shape index (κ2) is 3.31. The van der Waals surface area contributed by atoms with Crippen LogP contribution in [0.15, 0.2) is 0 Å². The first-order valence-corrected chi connectivity index (χ1v) is 4.31. The summed E-state index contributed by atoms with van der Waals surface area (Å²) in [6.45, 7) is 1.74. The molecule has 0 aliphatic heterocycles. The number of hydrogen-bond donors (Lipinski definition) is 3. The molecule has 2 unspecified atom stereocenters. The van der Waals surface area contributed by atoms with E-state index in [0.717, 1.165) is 25.7 Å². The van der Waals surface area contributed by atoms with Crippen molar-refractivity contribution in [1.82, 2.24) is 5.32 Å². The van der Waals surface area contributed by atoms with Gasteiger partial charge in [0.05, 0.1) is 11.6 Å². The Hall–Kier alpha value is -0.770. The van der Waals surface area contributed by atoms with Crippen molar-refractivity contribution in [1.29, 1.82) is 0 Å². The van der Waals surface area contributed by atoms with Crippen LogP contribution in [0.3, 0.4) is 0 Å². The van der Waals surface area contributed by atoms with Crippen LogP contribution in [0.1, 0.15) is 32.6 Å². The lowest BCUT2D eigenvalue weighted by Crippen LogP contribution is -2.54. The molecular formula is C8H16N2O2. The average molecular weight is 172 g/mol. The van der Waals surface area contributed by atoms with Gasteiger partial charge in [0, 0.05) is 0 Å². The van der Waals surface area contributed by atoms with E-state index in [9.17, 15) is 9.90 Å². The lowest BCUT2D eigenvalue weighted by molar-refractivity contribution is -0.00560. The summed E-state index contributed by atoms with van der Waals surface area (Å²) < 4.78 is 0. The standard InChI is InChI=1S/C8H16N2O2/c1-8(12)5-3-2-4-6(8)10-7(9)11/h6,12H,2-5H2,1H3,(H3,9,10,11). The SMILES string of the molecule is CC1(O)CCCCC1NC(N)=O. The van der Waals surface area contributed by atoms with E-state index < -0.39 is 11.6 Å². The Kier molecular flexibility index (Phi) is 2.57. The van der Waals surface area contributed by atoms with Crippen LogP contribution in [0.2, 0.25) is 0 Å². The van der Waals surface area contributed by atoms with Gasteiger partial charge in [-0.1, -0.05) is 12.8 Å². The molecule has 0 aromatic heterocycles. The van der Waals surface area contributed by atoms with Gasteiger partial charge < -0.3 is 16.2 Å². The molecule has 4 heteroatoms. The number of aliphatic hydroxyl groups is 1. The summed E-state index contributed by atoms with van der Waals surface area (Å²) in [5.74, 6) is 0. The number of nitrogens with two attached hydrogens (primary N) is 1. The van der Waals surface area contributed by atoms with Crippen LogP contribution in [0.25, 0.3) is 0 Å². The molecule has 0 aromatic carbocycles. The molecule has 2 atom stereocenters. The molecule has 0 bridgehead atoms. The summed E-state index contributed by atoms with van der Waals surface area (Å²) >= 11 is 0. The van der Waals surface area contributed by atoms with E-state index in [2.05, 4.69) is 5.32 Å². The minimum atomic E-state index is -0.784. The van der Waals surface area contributed by atoms with E-state index in [1.165, 1.54) is 0 Å². The maximum atomic E-state index is 10.6. The van der Waals surface area contributed by atoms with E-state index in [-0.39, 0.29) is 6.04 Å². The molecule has 0 radical (unpaired) electrons. The Morgan fingerprint density at radius 1 is 1.67 bits per heavy atom. The normalized spacial score (nSPS) is 36.0. The van der Waals surface area contributed by atoms with E-state index in [1.54, 1.807) is 6.92 Å². The van der Waals surface area contributed by atoms with Gasteiger partial charge in [0.2, 0.25) is 0 Å². The molecule has 4 nitrogen and oxygen atoms in total. The van der Waals surface area contributed by atoms with Crippen molar-refractivity contribution < 1.29 is 9.90 Å². The third-order valence-electron chi connectivity index (χ3n) is 2.49. The van der Waals surface area contributed by atoms with Gasteiger partial charge in [-0.2, -0.15) is 0 Å². The number of nitrogens with one attached hydrogen (secondary N) is 1. The minimum absolute atomic E-state index is 0.177. The zero-order valence-electron chi connectivity index (χ0n) is 7.34. The number of carbonyl (C=O) groups is 1. The first-order valence-electron chi connectivity index (χ1n) is 4.31. The fourth-order valence-electron chi connectivity index (χ4n) is 1.72. The zero-order chi connectivity index (χ0) is 9.19. The van der Waals surface area contributed by atoms with Gasteiger partial charge in [-0.25, -0.2) is 4.79 Å². The fourth-order valence-corrected chi connectivity index (χ4v) is 1.72. The first kappa shape index (κ1) is 9.32. The highest BCUT2D eigenvalue weighted by Gasteiger charge is 2.34. The summed E-state index contributed by atoms with van der Waals surface area (Å²) in [6, 6.07) is -0.731. The monoisotopic (exact) mass is 172 g/mol. The highest BCUT2D eigenvalue weighted by molar-refractivity contribution is 5.72. The molecule has 1 saturated carbocycles. The van der Waals surface area contributed by atoms with Crippen LogP contribution in [0.5, 0.6) is 0 Å². The van der Waals surface area contributed by atoms with Gasteiger partial charge >= 0.3 is 6.03 Å². The largest absolute Gasteiger partial charge is 0.388 e. The zero-order valence-corrected chi connectivity index (χ0v) is 7.34. The molecule has 1 aliphatic rings. The third-order valence-corrected chi connectivity index (χ3v) is 2.49. The Morgan fingerprint density at radius 2 is 2.33 bits per heavy atom. The molecule has 70 valence electrons. The number of primary amides is 1. The maximum absolute atomic E-state index is 10.6. The van der Waals surface area contributed by atoms with Crippen molar-refractivity contribution >= 4 is 6.03 Å². The Labute approximate surface area is 72.1 Å². The van der Waals surface area contributed by atoms with E-state index in [0.29, 0.717) is 0 Å². The van der Waals surface area contributed by atoms with Gasteiger partial charge in [-0.05, 0) is 19.8 Å². The minimum Gasteiger partial charge on any atom is -0.388 e. The molecule has 4 N–H and O–H groups in total. The Bertz CT molecular complexity index is 180. The van der Waals surface area contributed by atoms with Crippen LogP contribution in [0, 0.1) is 0 Å². The second-order valence-corrected chi connectivity index (χ2v) is 3.66. The van der Waals surface area contributed by atoms with Crippen LogP contribution in [-0.4, -0.2) is 22.8 Å². The Balaban J connectivity index is 2.54. The fraction of sp³-hybridized carbons (Fsp3) is 0.875. The highest BCUT2D eigenvalue weighted by atomic mass is 16.3. The van der Waals surface area contributed by atoms with Crippen molar-refractivity contribution in [2.24, 2.45) is 5.73 Å². The number of carbonyl (C=O) groups excluding carboxylic acids is 1. The van der Waals surface area contributed by atoms with Crippen molar-refractivity contribution in [3.05, 3.63) is 0 Å². The summed E-state index contributed by atoms with van der Waals surface area (Å²) in [5.41, 5.74) is 4.20. The summed E-state index contributed by atoms with van der Waals surface area (Å²) in [6.07, 6.45) is 3.61. The van der Waals surface area contributed by atoms with Crippen molar-refractivity contribution in [2.45, 2.75) is 44.2 Å². The van der Waals surface area contributed by atoms with Gasteiger partial charge in [-0.15, -0.1) is 0 Å². The number of amides is 2. The molecule has 0 heterocycles. The predicted molar refractivity (Wildman–Crippen MR) is 45.6 cm³/mol. The van der Waals surface area contributed by atoms with Gasteiger partial charge in [-0.3, -0.25) is 0 Å². The molecule has 0 spiro atoms. The third kappa shape index (κ3) is 2.11. The van der Waals surface area contributed by atoms with E-state index in [4.69, 9.17) is 5.73 Å². The van der Waals surface area contributed by atoms with E-state index in [1.807, 2.05) is 0 Å². The molecule has 1 fully saturated rings. The Morgan fingerprint density at radius 3 is 2.83 bits per heavy atom. The van der Waals surface area contributed by atoms with E-state index >= 15 is 0 Å². The van der Waals surface area contributed by atoms with Gasteiger partial charge in [0.25, 0.3) is 0 Å². The average Bonchev–Trinajstić information content (AvgIpc) is 1.92. The quantitative estimate of drug-likeness (QED) is 0.533. The van der Waals surface area contributed by atoms with Gasteiger partial charge in [0.1, 0.15) is 0 Å². The lowest BCUT2D eigenvalue weighted by Gasteiger charge is -2.36. The molecule has 0 aromatic rings. The summed E-state index contributed by atoms with van der Waals surface area (Å²) in [5, 5.41) is 12.4. The van der Waals surface area contributed by atoms with Crippen LogP contribution < -0.4 is 11.1 Å². The maximum Gasteiger partial charge on any atom is 0.312 e. The predicted octanol–water partition coefficient (Wildman–Crippen LogP) is 0.348. The van der Waals surface area contributed by atoms with Crippen molar-refractivity contribution in [2.75, 3.05) is 0 Å². The smallest absolute Gasteiger partial charge is 0.312 e. The van der Waals surface area contributed by atoms with Crippen LogP contribution in [-0.2, 0) is 0 Å². The lowest BCUT2D eigenvalue weighted by atomic mass is 9.82. The molecular weight excluding hydrogens is 156 g/mol. The molecule has 12 heavy (non-hydrogen) atoms. The summed E-state index contributed by atoms with van der Waals surface area (Å²) in [7, 11) is 0. The number of hydrogen-bond acceptors (Lipinski definition) is 2. The number of urea groups is 1. The molecule has 1 rings (SSSR count). The highest BCUT2D eigenvalue weighted by Crippen LogP contribution is 2.27. The van der Waals surface area contributed by atoms with Crippen molar-refractivity contribution in [3.63, 3.8) is 0 Å². The summed E-state index contributed by atoms with van der Waals surface area (Å²) in [4.78, 5) is 10.6. The van der Waals surface area contributed by atoms with Crippen LogP contribution in [0.4, 0.5) is 4.79 Å². The molecule has 0 saturated heterocycles.